The van der Waals surface area contributed by atoms with Crippen molar-refractivity contribution < 1.29 is 18.8 Å². The summed E-state index contributed by atoms with van der Waals surface area (Å²) in [4.78, 5) is 24.3. The molecule has 2 rings (SSSR count). The molecule has 0 radical (unpaired) electrons. The topological polar surface area (TPSA) is 81.4 Å². The number of amides is 1. The Morgan fingerprint density at radius 1 is 1.43 bits per heavy atom. The number of hydrogen-bond acceptors (Lipinski definition) is 5. The van der Waals surface area contributed by atoms with Gasteiger partial charge in [-0.1, -0.05) is 34.1 Å². The Kier molecular flexibility index (Phi) is 5.54. The standard InChI is InChI=1S/C16H17BrN2O4/c1-4-13-14(9(2)23-19-13)16(21)22-10(3)15(20)18-12-7-5-6-11(17)8-12/h5-8,10H,4H2,1-3H3,(H,18,20)/t10-/m0/s1. The summed E-state index contributed by atoms with van der Waals surface area (Å²) in [6, 6.07) is 7.15. The van der Waals surface area contributed by atoms with Gasteiger partial charge in [-0.3, -0.25) is 4.79 Å². The van der Waals surface area contributed by atoms with Crippen molar-refractivity contribution in [3.8, 4) is 0 Å². The number of halogens is 1. The van der Waals surface area contributed by atoms with Gasteiger partial charge in [-0.05, 0) is 38.5 Å². The second-order valence-electron chi connectivity index (χ2n) is 4.96. The first kappa shape index (κ1) is 17.2. The van der Waals surface area contributed by atoms with Gasteiger partial charge in [0.25, 0.3) is 5.91 Å². The number of esters is 1. The Labute approximate surface area is 142 Å². The van der Waals surface area contributed by atoms with Crippen LogP contribution in [0.5, 0.6) is 0 Å². The zero-order chi connectivity index (χ0) is 17.0. The second-order valence-corrected chi connectivity index (χ2v) is 5.88. The number of carbonyl (C=O) groups is 2. The SMILES string of the molecule is CCc1noc(C)c1C(=O)O[C@@H](C)C(=O)Nc1cccc(Br)c1. The molecule has 0 bridgehead atoms. The van der Waals surface area contributed by atoms with Gasteiger partial charge >= 0.3 is 5.97 Å². The molecule has 23 heavy (non-hydrogen) atoms. The van der Waals surface area contributed by atoms with E-state index in [1.54, 1.807) is 25.1 Å². The Morgan fingerprint density at radius 2 is 2.17 bits per heavy atom. The number of ether oxygens (including phenoxy) is 1. The minimum absolute atomic E-state index is 0.287. The molecule has 0 aliphatic rings. The number of hydrogen-bond donors (Lipinski definition) is 1. The molecule has 1 N–H and O–H groups in total. The van der Waals surface area contributed by atoms with Crippen molar-refractivity contribution in [2.45, 2.75) is 33.3 Å². The van der Waals surface area contributed by atoms with Crippen LogP contribution in [-0.4, -0.2) is 23.1 Å². The van der Waals surface area contributed by atoms with Gasteiger partial charge < -0.3 is 14.6 Å². The van der Waals surface area contributed by atoms with E-state index in [-0.39, 0.29) is 5.56 Å². The zero-order valence-corrected chi connectivity index (χ0v) is 14.6. The van der Waals surface area contributed by atoms with E-state index in [1.165, 1.54) is 6.92 Å². The van der Waals surface area contributed by atoms with Crippen LogP contribution in [0.4, 0.5) is 5.69 Å². The number of rotatable bonds is 5. The fourth-order valence-corrected chi connectivity index (χ4v) is 2.40. The number of aryl methyl sites for hydroxylation is 2. The van der Waals surface area contributed by atoms with Crippen molar-refractivity contribution in [1.29, 1.82) is 0 Å². The van der Waals surface area contributed by atoms with Crippen molar-refractivity contribution in [2.24, 2.45) is 0 Å². The molecule has 1 atom stereocenters. The summed E-state index contributed by atoms with van der Waals surface area (Å²) < 4.78 is 11.1. The number of nitrogens with one attached hydrogen (secondary N) is 1. The maximum atomic E-state index is 12.2. The van der Waals surface area contributed by atoms with Crippen LogP contribution in [0, 0.1) is 6.92 Å². The summed E-state index contributed by atoms with van der Waals surface area (Å²) in [5, 5.41) is 6.49. The fraction of sp³-hybridized carbons (Fsp3) is 0.312. The van der Waals surface area contributed by atoms with Gasteiger partial charge in [-0.25, -0.2) is 4.79 Å². The third-order valence-electron chi connectivity index (χ3n) is 3.22. The summed E-state index contributed by atoms with van der Waals surface area (Å²) in [5.41, 5.74) is 1.42. The monoisotopic (exact) mass is 380 g/mol. The first-order chi connectivity index (χ1) is 10.9. The van der Waals surface area contributed by atoms with Crippen molar-refractivity contribution in [3.63, 3.8) is 0 Å². The minimum atomic E-state index is -0.944. The van der Waals surface area contributed by atoms with E-state index in [0.717, 1.165) is 4.47 Å². The summed E-state index contributed by atoms with van der Waals surface area (Å²) in [6.07, 6.45) is -0.402. The maximum Gasteiger partial charge on any atom is 0.344 e. The highest BCUT2D eigenvalue weighted by Crippen LogP contribution is 2.18. The Balaban J connectivity index is 2.03. The molecule has 0 saturated carbocycles. The fourth-order valence-electron chi connectivity index (χ4n) is 2.00. The van der Waals surface area contributed by atoms with Gasteiger partial charge in [0.2, 0.25) is 0 Å². The molecule has 0 spiro atoms. The van der Waals surface area contributed by atoms with Gasteiger partial charge in [0, 0.05) is 10.2 Å². The average Bonchev–Trinajstić information content (AvgIpc) is 2.88. The molecule has 0 aliphatic heterocycles. The first-order valence-corrected chi connectivity index (χ1v) is 7.94. The van der Waals surface area contributed by atoms with E-state index < -0.39 is 18.0 Å². The molecular weight excluding hydrogens is 364 g/mol. The Morgan fingerprint density at radius 3 is 2.83 bits per heavy atom. The lowest BCUT2D eigenvalue weighted by Crippen LogP contribution is -2.30. The molecule has 0 aliphatic carbocycles. The van der Waals surface area contributed by atoms with Crippen molar-refractivity contribution in [1.82, 2.24) is 5.16 Å². The van der Waals surface area contributed by atoms with Gasteiger partial charge in [-0.2, -0.15) is 0 Å². The number of aromatic nitrogens is 1. The van der Waals surface area contributed by atoms with Gasteiger partial charge in [-0.15, -0.1) is 0 Å². The molecular formula is C16H17BrN2O4. The Bertz CT molecular complexity index is 727. The van der Waals surface area contributed by atoms with E-state index in [1.807, 2.05) is 13.0 Å². The van der Waals surface area contributed by atoms with E-state index in [2.05, 4.69) is 26.4 Å². The van der Waals surface area contributed by atoms with Crippen molar-refractivity contribution >= 4 is 33.5 Å². The first-order valence-electron chi connectivity index (χ1n) is 7.15. The zero-order valence-electron chi connectivity index (χ0n) is 13.1. The highest BCUT2D eigenvalue weighted by molar-refractivity contribution is 9.10. The van der Waals surface area contributed by atoms with E-state index in [0.29, 0.717) is 23.6 Å². The molecule has 122 valence electrons. The van der Waals surface area contributed by atoms with E-state index >= 15 is 0 Å². The third kappa shape index (κ3) is 4.19. The van der Waals surface area contributed by atoms with Gasteiger partial charge in [0.15, 0.2) is 6.10 Å². The maximum absolute atomic E-state index is 12.2. The number of benzene rings is 1. The molecule has 1 heterocycles. The summed E-state index contributed by atoms with van der Waals surface area (Å²) in [6.45, 7) is 5.01. The molecule has 0 unspecified atom stereocenters. The van der Waals surface area contributed by atoms with Crippen LogP contribution in [0.15, 0.2) is 33.3 Å². The lowest BCUT2D eigenvalue weighted by Gasteiger charge is -2.13. The third-order valence-corrected chi connectivity index (χ3v) is 3.71. The van der Waals surface area contributed by atoms with Crippen LogP contribution >= 0.6 is 15.9 Å². The van der Waals surface area contributed by atoms with E-state index in [9.17, 15) is 9.59 Å². The number of carbonyl (C=O) groups excluding carboxylic acids is 2. The summed E-state index contributed by atoms with van der Waals surface area (Å²) in [5.74, 6) is -0.646. The smallest absolute Gasteiger partial charge is 0.344 e. The average molecular weight is 381 g/mol. The van der Waals surface area contributed by atoms with Crippen molar-refractivity contribution in [2.75, 3.05) is 5.32 Å². The van der Waals surface area contributed by atoms with Crippen LogP contribution in [0.2, 0.25) is 0 Å². The lowest BCUT2D eigenvalue weighted by atomic mass is 10.1. The summed E-state index contributed by atoms with van der Waals surface area (Å²) in [7, 11) is 0. The van der Waals surface area contributed by atoms with Gasteiger partial charge in [0.1, 0.15) is 11.3 Å². The highest BCUT2D eigenvalue weighted by atomic mass is 79.9. The number of nitrogens with zero attached hydrogens (tertiary/aromatic N) is 1. The largest absolute Gasteiger partial charge is 0.449 e. The quantitative estimate of drug-likeness (QED) is 0.802. The predicted molar refractivity (Wildman–Crippen MR) is 88.3 cm³/mol. The molecule has 6 nitrogen and oxygen atoms in total. The van der Waals surface area contributed by atoms with Crippen LogP contribution in [0.1, 0.15) is 35.7 Å². The molecule has 0 saturated heterocycles. The molecule has 1 aromatic carbocycles. The van der Waals surface area contributed by atoms with Crippen LogP contribution in [0.25, 0.3) is 0 Å². The molecule has 7 heteroatoms. The normalized spacial score (nSPS) is 11.8. The molecule has 2 aromatic rings. The molecule has 0 fully saturated rings. The Hall–Kier alpha value is -2.15. The molecule has 1 amide bonds. The van der Waals surface area contributed by atoms with Crippen LogP contribution < -0.4 is 5.32 Å². The predicted octanol–water partition coefficient (Wildman–Crippen LogP) is 3.49. The second kappa shape index (κ2) is 7.41. The number of anilines is 1. The lowest BCUT2D eigenvalue weighted by molar-refractivity contribution is -0.123. The van der Waals surface area contributed by atoms with Gasteiger partial charge in [0.05, 0.1) is 5.69 Å². The van der Waals surface area contributed by atoms with Crippen LogP contribution in [-0.2, 0) is 16.0 Å². The van der Waals surface area contributed by atoms with E-state index in [4.69, 9.17) is 9.26 Å². The van der Waals surface area contributed by atoms with Crippen molar-refractivity contribution in [3.05, 3.63) is 45.8 Å². The van der Waals surface area contributed by atoms with Crippen LogP contribution in [0.3, 0.4) is 0 Å². The molecule has 1 aromatic heterocycles. The highest BCUT2D eigenvalue weighted by Gasteiger charge is 2.25. The minimum Gasteiger partial charge on any atom is -0.449 e. The summed E-state index contributed by atoms with van der Waals surface area (Å²) >= 11 is 3.33.